The summed E-state index contributed by atoms with van der Waals surface area (Å²) < 4.78 is 33.1. The van der Waals surface area contributed by atoms with Crippen LogP contribution < -0.4 is 0 Å². The van der Waals surface area contributed by atoms with Gasteiger partial charge in [-0.25, -0.2) is 8.42 Å². The summed E-state index contributed by atoms with van der Waals surface area (Å²) in [4.78, 5) is 4.29. The standard InChI is InChI=1S/C18H17ClN2O3S/c1-14-10-16(19)6-7-18(14)25(22,23)21(13-17-5-3-9-24-17)12-15-4-2-8-20-11-15/h2-11H,12-13H2,1H3. The summed E-state index contributed by atoms with van der Waals surface area (Å²) in [5.74, 6) is 0.569. The van der Waals surface area contributed by atoms with Crippen molar-refractivity contribution in [1.29, 1.82) is 0 Å². The normalized spacial score (nSPS) is 11.8. The van der Waals surface area contributed by atoms with Crippen molar-refractivity contribution < 1.29 is 12.8 Å². The van der Waals surface area contributed by atoms with Crippen molar-refractivity contribution in [1.82, 2.24) is 9.29 Å². The molecule has 0 aliphatic carbocycles. The molecule has 0 fully saturated rings. The van der Waals surface area contributed by atoms with Crippen molar-refractivity contribution in [3.8, 4) is 0 Å². The molecule has 0 spiro atoms. The third kappa shape index (κ3) is 4.10. The molecule has 0 N–H and O–H groups in total. The first kappa shape index (κ1) is 17.7. The van der Waals surface area contributed by atoms with E-state index in [4.69, 9.17) is 16.0 Å². The van der Waals surface area contributed by atoms with Crippen LogP contribution in [0.15, 0.2) is 70.4 Å². The smallest absolute Gasteiger partial charge is 0.244 e. The van der Waals surface area contributed by atoms with E-state index in [-0.39, 0.29) is 18.0 Å². The quantitative estimate of drug-likeness (QED) is 0.651. The van der Waals surface area contributed by atoms with Gasteiger partial charge >= 0.3 is 0 Å². The molecular weight excluding hydrogens is 360 g/mol. The molecule has 0 unspecified atom stereocenters. The van der Waals surface area contributed by atoms with Gasteiger partial charge in [0.05, 0.1) is 17.7 Å². The second kappa shape index (κ2) is 7.39. The molecule has 0 aliphatic rings. The SMILES string of the molecule is Cc1cc(Cl)ccc1S(=O)(=O)N(Cc1cccnc1)Cc1ccco1. The molecule has 0 bridgehead atoms. The van der Waals surface area contributed by atoms with E-state index < -0.39 is 10.0 Å². The number of aromatic nitrogens is 1. The van der Waals surface area contributed by atoms with Gasteiger partial charge in [0.2, 0.25) is 10.0 Å². The van der Waals surface area contributed by atoms with Crippen molar-refractivity contribution in [3.05, 3.63) is 83.0 Å². The van der Waals surface area contributed by atoms with Crippen LogP contribution in [0, 0.1) is 6.92 Å². The van der Waals surface area contributed by atoms with Crippen molar-refractivity contribution in [2.75, 3.05) is 0 Å². The van der Waals surface area contributed by atoms with Crippen LogP contribution in [-0.4, -0.2) is 17.7 Å². The van der Waals surface area contributed by atoms with Gasteiger partial charge in [-0.1, -0.05) is 17.7 Å². The van der Waals surface area contributed by atoms with Gasteiger partial charge in [0.1, 0.15) is 5.76 Å². The average molecular weight is 377 g/mol. The average Bonchev–Trinajstić information content (AvgIpc) is 3.08. The predicted molar refractivity (Wildman–Crippen MR) is 95.6 cm³/mol. The number of furan rings is 1. The Labute approximate surface area is 151 Å². The van der Waals surface area contributed by atoms with Crippen LogP contribution in [0.5, 0.6) is 0 Å². The van der Waals surface area contributed by atoms with E-state index in [9.17, 15) is 8.42 Å². The van der Waals surface area contributed by atoms with Crippen molar-refractivity contribution >= 4 is 21.6 Å². The Morgan fingerprint density at radius 1 is 1.16 bits per heavy atom. The molecule has 3 aromatic rings. The monoisotopic (exact) mass is 376 g/mol. The van der Waals surface area contributed by atoms with Gasteiger partial charge in [0, 0.05) is 24.0 Å². The number of hydrogen-bond donors (Lipinski definition) is 0. The van der Waals surface area contributed by atoms with Crippen LogP contribution in [0.1, 0.15) is 16.9 Å². The lowest BCUT2D eigenvalue weighted by atomic mass is 10.2. The molecule has 0 amide bonds. The number of benzene rings is 1. The summed E-state index contributed by atoms with van der Waals surface area (Å²) in [7, 11) is -3.74. The van der Waals surface area contributed by atoms with Gasteiger partial charge in [0.15, 0.2) is 0 Å². The minimum Gasteiger partial charge on any atom is -0.468 e. The van der Waals surface area contributed by atoms with Crippen molar-refractivity contribution in [3.63, 3.8) is 0 Å². The molecule has 130 valence electrons. The second-order valence-electron chi connectivity index (χ2n) is 5.62. The van der Waals surface area contributed by atoms with Crippen LogP contribution >= 0.6 is 11.6 Å². The first-order chi connectivity index (χ1) is 12.0. The van der Waals surface area contributed by atoms with E-state index in [2.05, 4.69) is 4.98 Å². The summed E-state index contributed by atoms with van der Waals surface area (Å²) in [6.07, 6.45) is 4.83. The van der Waals surface area contributed by atoms with Gasteiger partial charge in [-0.15, -0.1) is 0 Å². The molecule has 2 heterocycles. The van der Waals surface area contributed by atoms with Crippen LogP contribution in [0.3, 0.4) is 0 Å². The number of aryl methyl sites for hydroxylation is 1. The largest absolute Gasteiger partial charge is 0.468 e. The highest BCUT2D eigenvalue weighted by atomic mass is 35.5. The van der Waals surface area contributed by atoms with Gasteiger partial charge in [-0.2, -0.15) is 4.31 Å². The second-order valence-corrected chi connectivity index (χ2v) is 7.97. The maximum atomic E-state index is 13.2. The summed E-state index contributed by atoms with van der Waals surface area (Å²) in [5.41, 5.74) is 1.40. The molecule has 1 aromatic carbocycles. The van der Waals surface area contributed by atoms with E-state index in [1.807, 2.05) is 6.07 Å². The molecule has 0 aliphatic heterocycles. The summed E-state index contributed by atoms with van der Waals surface area (Å²) in [6, 6.07) is 11.9. The van der Waals surface area contributed by atoms with E-state index in [1.165, 1.54) is 16.6 Å². The fourth-order valence-corrected chi connectivity index (χ4v) is 4.37. The van der Waals surface area contributed by atoms with E-state index in [0.29, 0.717) is 16.3 Å². The van der Waals surface area contributed by atoms with E-state index >= 15 is 0 Å². The lowest BCUT2D eigenvalue weighted by Gasteiger charge is -2.22. The van der Waals surface area contributed by atoms with Crippen molar-refractivity contribution in [2.24, 2.45) is 0 Å². The Morgan fingerprint density at radius 3 is 2.64 bits per heavy atom. The molecule has 0 saturated heterocycles. The first-order valence-corrected chi connectivity index (χ1v) is 9.46. The Morgan fingerprint density at radius 2 is 2.00 bits per heavy atom. The Kier molecular flexibility index (Phi) is 5.22. The molecular formula is C18H17ClN2O3S. The Bertz CT molecular complexity index is 942. The summed E-state index contributed by atoms with van der Waals surface area (Å²) >= 11 is 5.96. The van der Waals surface area contributed by atoms with Crippen LogP contribution in [0.4, 0.5) is 0 Å². The number of nitrogens with zero attached hydrogens (tertiary/aromatic N) is 2. The highest BCUT2D eigenvalue weighted by Crippen LogP contribution is 2.25. The molecule has 3 rings (SSSR count). The first-order valence-electron chi connectivity index (χ1n) is 7.64. The van der Waals surface area contributed by atoms with Gasteiger partial charge in [0.25, 0.3) is 0 Å². The molecule has 7 heteroatoms. The van der Waals surface area contributed by atoms with Gasteiger partial charge in [-0.05, 0) is 54.4 Å². The van der Waals surface area contributed by atoms with E-state index in [0.717, 1.165) is 5.56 Å². The fourth-order valence-electron chi connectivity index (χ4n) is 2.54. The zero-order chi connectivity index (χ0) is 17.9. The molecule has 25 heavy (non-hydrogen) atoms. The number of halogens is 1. The lowest BCUT2D eigenvalue weighted by molar-refractivity contribution is 0.358. The van der Waals surface area contributed by atoms with Crippen molar-refractivity contribution in [2.45, 2.75) is 24.9 Å². The Hall–Kier alpha value is -2.15. The fraction of sp³-hybridized carbons (Fsp3) is 0.167. The summed E-state index contributed by atoms with van der Waals surface area (Å²) in [5, 5.41) is 0.501. The zero-order valence-electron chi connectivity index (χ0n) is 13.6. The van der Waals surface area contributed by atoms with Gasteiger partial charge in [-0.3, -0.25) is 4.98 Å². The van der Waals surface area contributed by atoms with Crippen LogP contribution in [0.25, 0.3) is 0 Å². The number of pyridine rings is 1. The Balaban J connectivity index is 1.99. The minimum atomic E-state index is -3.74. The third-order valence-electron chi connectivity index (χ3n) is 3.75. The van der Waals surface area contributed by atoms with Crippen LogP contribution in [0.2, 0.25) is 5.02 Å². The zero-order valence-corrected chi connectivity index (χ0v) is 15.2. The summed E-state index contributed by atoms with van der Waals surface area (Å²) in [6.45, 7) is 2.05. The topological polar surface area (TPSA) is 63.4 Å². The number of sulfonamides is 1. The van der Waals surface area contributed by atoms with E-state index in [1.54, 1.807) is 49.6 Å². The predicted octanol–water partition coefficient (Wildman–Crippen LogP) is 4.03. The highest BCUT2D eigenvalue weighted by Gasteiger charge is 2.27. The lowest BCUT2D eigenvalue weighted by Crippen LogP contribution is -2.30. The highest BCUT2D eigenvalue weighted by molar-refractivity contribution is 7.89. The third-order valence-corrected chi connectivity index (χ3v) is 5.94. The number of rotatable bonds is 6. The molecule has 0 radical (unpaired) electrons. The molecule has 2 aromatic heterocycles. The maximum absolute atomic E-state index is 13.2. The molecule has 0 saturated carbocycles. The molecule has 0 atom stereocenters. The van der Waals surface area contributed by atoms with Crippen LogP contribution in [-0.2, 0) is 23.1 Å². The molecule has 5 nitrogen and oxygen atoms in total. The van der Waals surface area contributed by atoms with Gasteiger partial charge < -0.3 is 4.42 Å². The minimum absolute atomic E-state index is 0.131. The number of hydrogen-bond acceptors (Lipinski definition) is 4. The maximum Gasteiger partial charge on any atom is 0.244 e.